The van der Waals surface area contributed by atoms with E-state index in [1.807, 2.05) is 0 Å². The fraction of sp³-hybridized carbons (Fsp3) is 0.417. The first-order valence-corrected chi connectivity index (χ1v) is 5.55. The second-order valence-electron chi connectivity index (χ2n) is 4.14. The smallest absolute Gasteiger partial charge is 0.391 e. The predicted octanol–water partition coefficient (Wildman–Crippen LogP) is 3.50. The number of nitrogens with one attached hydrogen (secondary N) is 1. The van der Waals surface area contributed by atoms with Gasteiger partial charge in [-0.3, -0.25) is 0 Å². The lowest BCUT2D eigenvalue weighted by Crippen LogP contribution is -2.24. The topological polar surface area (TPSA) is 38.3 Å². The van der Waals surface area contributed by atoms with E-state index in [-0.39, 0.29) is 0 Å². The van der Waals surface area contributed by atoms with Gasteiger partial charge in [-0.25, -0.2) is 13.6 Å². The normalized spacial score (nSPS) is 12.9. The Balaban J connectivity index is 2.93. The summed E-state index contributed by atoms with van der Waals surface area (Å²) >= 11 is 0. The van der Waals surface area contributed by atoms with Gasteiger partial charge in [-0.15, -0.1) is 0 Å². The Bertz CT molecular complexity index is 501. The van der Waals surface area contributed by atoms with E-state index in [2.05, 4.69) is 10.1 Å². The molecule has 1 aromatic rings. The van der Waals surface area contributed by atoms with E-state index in [1.54, 1.807) is 0 Å². The number of carbonyl (C=O) groups is 1. The second-order valence-corrected chi connectivity index (χ2v) is 4.14. The maximum absolute atomic E-state index is 13.6. The molecule has 1 N–H and O–H groups in total. The quantitative estimate of drug-likeness (QED) is 0.683. The molecular weight excluding hydrogens is 285 g/mol. The molecule has 0 amide bonds. The number of methoxy groups -OCH3 is 1. The lowest BCUT2D eigenvalue weighted by molar-refractivity contribution is -0.136. The Kier molecular flexibility index (Phi) is 4.91. The number of rotatable bonds is 4. The van der Waals surface area contributed by atoms with Crippen LogP contribution in [0.25, 0.3) is 0 Å². The fourth-order valence-electron chi connectivity index (χ4n) is 1.59. The van der Waals surface area contributed by atoms with Gasteiger partial charge in [0.25, 0.3) is 0 Å². The summed E-state index contributed by atoms with van der Waals surface area (Å²) in [7, 11) is 0.997. The highest BCUT2D eigenvalue weighted by Gasteiger charge is 2.30. The molecule has 0 aliphatic rings. The Hall–Kier alpha value is -1.86. The summed E-state index contributed by atoms with van der Waals surface area (Å²) in [6.07, 6.45) is -5.62. The van der Waals surface area contributed by atoms with Crippen molar-refractivity contribution in [2.75, 3.05) is 12.4 Å². The summed E-state index contributed by atoms with van der Waals surface area (Å²) in [5.41, 5.74) is -1.08. The van der Waals surface area contributed by atoms with Gasteiger partial charge in [0.15, 0.2) is 11.6 Å². The first-order chi connectivity index (χ1) is 9.15. The monoisotopic (exact) mass is 297 g/mol. The van der Waals surface area contributed by atoms with Crippen LogP contribution in [-0.4, -0.2) is 25.3 Å². The third kappa shape index (κ3) is 4.07. The van der Waals surface area contributed by atoms with E-state index in [1.165, 1.54) is 6.92 Å². The van der Waals surface area contributed by atoms with Crippen molar-refractivity contribution in [2.24, 2.45) is 0 Å². The third-order valence-corrected chi connectivity index (χ3v) is 2.43. The summed E-state index contributed by atoms with van der Waals surface area (Å²) in [4.78, 5) is 11.1. The van der Waals surface area contributed by atoms with Crippen LogP contribution in [0.15, 0.2) is 12.1 Å². The van der Waals surface area contributed by atoms with Crippen molar-refractivity contribution in [3.05, 3.63) is 29.3 Å². The summed E-state index contributed by atoms with van der Waals surface area (Å²) < 4.78 is 67.8. The van der Waals surface area contributed by atoms with Gasteiger partial charge in [-0.1, -0.05) is 0 Å². The number of ether oxygens (including phenoxy) is 1. The van der Waals surface area contributed by atoms with Crippen molar-refractivity contribution in [1.29, 1.82) is 0 Å². The number of benzene rings is 1. The van der Waals surface area contributed by atoms with Crippen LogP contribution in [-0.2, 0) is 4.74 Å². The number of hydrogen-bond acceptors (Lipinski definition) is 3. The number of carbonyl (C=O) groups excluding carboxylic acids is 1. The van der Waals surface area contributed by atoms with Gasteiger partial charge in [0.05, 0.1) is 24.8 Å². The van der Waals surface area contributed by atoms with Gasteiger partial charge in [0.1, 0.15) is 0 Å². The number of halogens is 5. The first kappa shape index (κ1) is 16.2. The van der Waals surface area contributed by atoms with Crippen molar-refractivity contribution in [3.8, 4) is 0 Å². The van der Waals surface area contributed by atoms with Crippen LogP contribution < -0.4 is 5.32 Å². The number of hydrogen-bond donors (Lipinski definition) is 1. The molecule has 0 spiro atoms. The molecule has 112 valence electrons. The minimum Gasteiger partial charge on any atom is -0.465 e. The van der Waals surface area contributed by atoms with Crippen molar-refractivity contribution < 1.29 is 31.5 Å². The largest absolute Gasteiger partial charge is 0.465 e. The molecule has 0 fully saturated rings. The number of esters is 1. The Labute approximate surface area is 111 Å². The van der Waals surface area contributed by atoms with Crippen LogP contribution in [0.1, 0.15) is 23.7 Å². The average Bonchev–Trinajstić information content (AvgIpc) is 2.32. The number of alkyl halides is 3. The van der Waals surface area contributed by atoms with Crippen LogP contribution in [0, 0.1) is 11.6 Å². The van der Waals surface area contributed by atoms with Crippen LogP contribution >= 0.6 is 0 Å². The maximum atomic E-state index is 13.6. The van der Waals surface area contributed by atoms with E-state index in [9.17, 15) is 26.7 Å². The van der Waals surface area contributed by atoms with Gasteiger partial charge in [-0.2, -0.15) is 13.2 Å². The van der Waals surface area contributed by atoms with E-state index in [4.69, 9.17) is 0 Å². The molecular formula is C12H12F5NO2. The number of anilines is 1. The molecule has 1 unspecified atom stereocenters. The van der Waals surface area contributed by atoms with Crippen molar-refractivity contribution in [3.63, 3.8) is 0 Å². The molecule has 0 radical (unpaired) electrons. The predicted molar refractivity (Wildman–Crippen MR) is 61.5 cm³/mol. The lowest BCUT2D eigenvalue weighted by Gasteiger charge is -2.18. The van der Waals surface area contributed by atoms with Crippen LogP contribution in [0.5, 0.6) is 0 Å². The van der Waals surface area contributed by atoms with Crippen molar-refractivity contribution >= 4 is 11.7 Å². The molecule has 1 atom stereocenters. The molecule has 0 bridgehead atoms. The van der Waals surface area contributed by atoms with Gasteiger partial charge in [0, 0.05) is 6.04 Å². The molecule has 0 aliphatic carbocycles. The molecule has 3 nitrogen and oxygen atoms in total. The molecule has 0 heterocycles. The highest BCUT2D eigenvalue weighted by Crippen LogP contribution is 2.26. The van der Waals surface area contributed by atoms with Crippen molar-refractivity contribution in [2.45, 2.75) is 25.6 Å². The van der Waals surface area contributed by atoms with E-state index >= 15 is 0 Å². The zero-order valence-corrected chi connectivity index (χ0v) is 10.6. The zero-order chi connectivity index (χ0) is 15.5. The van der Waals surface area contributed by atoms with Crippen molar-refractivity contribution in [1.82, 2.24) is 0 Å². The molecule has 20 heavy (non-hydrogen) atoms. The third-order valence-electron chi connectivity index (χ3n) is 2.43. The fourth-order valence-corrected chi connectivity index (χ4v) is 1.59. The zero-order valence-electron chi connectivity index (χ0n) is 10.6. The molecule has 0 aromatic heterocycles. The SMILES string of the molecule is COC(=O)c1ccc(NC(C)CC(F)(F)F)c(F)c1F. The maximum Gasteiger partial charge on any atom is 0.391 e. The standard InChI is InChI=1S/C12H12F5NO2/c1-6(5-12(15,16)17)18-8-4-3-7(11(19)20-2)9(13)10(8)14/h3-4,6,18H,5H2,1-2H3. The van der Waals surface area contributed by atoms with Gasteiger partial charge in [0.2, 0.25) is 0 Å². The summed E-state index contributed by atoms with van der Waals surface area (Å²) in [6, 6.07) is 0.776. The summed E-state index contributed by atoms with van der Waals surface area (Å²) in [5, 5.41) is 2.20. The minimum absolute atomic E-state index is 0.452. The van der Waals surface area contributed by atoms with E-state index in [0.29, 0.717) is 0 Å². The molecule has 1 rings (SSSR count). The second kappa shape index (κ2) is 6.06. The van der Waals surface area contributed by atoms with Crippen LogP contribution in [0.3, 0.4) is 0 Å². The van der Waals surface area contributed by atoms with E-state index < -0.39 is 47.5 Å². The molecule has 8 heteroatoms. The summed E-state index contributed by atoms with van der Waals surface area (Å²) in [6.45, 7) is 1.18. The Morgan fingerprint density at radius 1 is 1.30 bits per heavy atom. The van der Waals surface area contributed by atoms with Gasteiger partial charge < -0.3 is 10.1 Å². The van der Waals surface area contributed by atoms with Crippen LogP contribution in [0.4, 0.5) is 27.6 Å². The highest BCUT2D eigenvalue weighted by molar-refractivity contribution is 5.90. The van der Waals surface area contributed by atoms with E-state index in [0.717, 1.165) is 19.2 Å². The molecule has 0 saturated heterocycles. The Morgan fingerprint density at radius 3 is 2.40 bits per heavy atom. The highest BCUT2D eigenvalue weighted by atomic mass is 19.4. The lowest BCUT2D eigenvalue weighted by atomic mass is 10.1. The first-order valence-electron chi connectivity index (χ1n) is 5.55. The molecule has 0 saturated carbocycles. The average molecular weight is 297 g/mol. The summed E-state index contributed by atoms with van der Waals surface area (Å²) in [5.74, 6) is -3.97. The van der Waals surface area contributed by atoms with Crippen LogP contribution in [0.2, 0.25) is 0 Å². The Morgan fingerprint density at radius 2 is 1.90 bits per heavy atom. The molecule has 0 aliphatic heterocycles. The minimum atomic E-state index is -4.42. The molecule has 1 aromatic carbocycles. The van der Waals surface area contributed by atoms with Gasteiger partial charge in [-0.05, 0) is 19.1 Å². The van der Waals surface area contributed by atoms with Gasteiger partial charge >= 0.3 is 12.1 Å².